The lowest BCUT2D eigenvalue weighted by molar-refractivity contribution is -0.137. The number of nitrogens with one attached hydrogen (secondary N) is 2. The van der Waals surface area contributed by atoms with E-state index in [2.05, 4.69) is 10.6 Å². The van der Waals surface area contributed by atoms with Crippen LogP contribution in [0.2, 0.25) is 0 Å². The zero-order valence-electron chi connectivity index (χ0n) is 13.6. The van der Waals surface area contributed by atoms with Gasteiger partial charge in [-0.25, -0.2) is 0 Å². The fraction of sp³-hybridized carbons (Fsp3) is 0.250. The second kappa shape index (κ2) is 4.25. The summed E-state index contributed by atoms with van der Waals surface area (Å²) in [5.74, 6) is -2.21. The van der Waals surface area contributed by atoms with Gasteiger partial charge in [-0.3, -0.25) is 9.59 Å². The topological polar surface area (TPSA) is 58.2 Å². The van der Waals surface area contributed by atoms with Crippen molar-refractivity contribution in [1.29, 1.82) is 0 Å². The molecule has 2 N–H and O–H groups in total. The molecule has 0 saturated carbocycles. The number of thiocarbonyl (C=S) groups is 1. The minimum absolute atomic E-state index is 0.0615. The molecule has 1 fully saturated rings. The Hall–Kier alpha value is -1.75. The highest BCUT2D eigenvalue weighted by Gasteiger charge is 2.49. The van der Waals surface area contributed by atoms with Crippen molar-refractivity contribution >= 4 is 29.1 Å². The van der Waals surface area contributed by atoms with Gasteiger partial charge in [0.15, 0.2) is 10.5 Å². The molecule has 1 heterocycles. The molecule has 1 aromatic rings. The van der Waals surface area contributed by atoms with E-state index in [-0.39, 0.29) is 10.7 Å². The first kappa shape index (κ1) is 6.86. The number of carbonyl (C=O) groups excluding carboxylic acids is 2. The monoisotopic (exact) mass is 253 g/mol. The number of benzene rings is 1. The third kappa shape index (κ3) is 1.72. The highest BCUT2D eigenvalue weighted by Crippen LogP contribution is 2.30. The Kier molecular flexibility index (Phi) is 1.72. The molecule has 1 aliphatic rings. The molecule has 17 heavy (non-hydrogen) atoms. The van der Waals surface area contributed by atoms with Crippen LogP contribution in [0, 0.1) is 0 Å². The van der Waals surface area contributed by atoms with Crippen molar-refractivity contribution in [2.75, 3.05) is 0 Å². The summed E-state index contributed by atoms with van der Waals surface area (Å²) in [5.41, 5.74) is -2.63. The van der Waals surface area contributed by atoms with Gasteiger partial charge in [0.05, 0.1) is 0 Å². The summed E-state index contributed by atoms with van der Waals surface area (Å²) >= 11 is 4.70. The number of hydrogen-bond donors (Lipinski definition) is 2. The SMILES string of the molecule is [2H]C([2H])([2H])C([2H])([2H])C1(c2ccccc2)C(=O)NC(=S)NC1=O. The van der Waals surface area contributed by atoms with Gasteiger partial charge in [-0.1, -0.05) is 37.2 Å². The molecule has 0 aromatic heterocycles. The van der Waals surface area contributed by atoms with E-state index in [1.807, 2.05) is 0 Å². The van der Waals surface area contributed by atoms with Gasteiger partial charge in [0.2, 0.25) is 11.8 Å². The normalized spacial score (nSPS) is 24.5. The Morgan fingerprint density at radius 2 is 1.88 bits per heavy atom. The lowest BCUT2D eigenvalue weighted by Crippen LogP contribution is -2.64. The van der Waals surface area contributed by atoms with Gasteiger partial charge in [-0.2, -0.15) is 0 Å². The number of carbonyl (C=O) groups is 2. The lowest BCUT2D eigenvalue weighted by Gasteiger charge is -2.34. The van der Waals surface area contributed by atoms with Gasteiger partial charge in [-0.05, 0) is 24.2 Å². The average molecular weight is 253 g/mol. The molecule has 0 spiro atoms. The smallest absolute Gasteiger partial charge is 0.246 e. The van der Waals surface area contributed by atoms with E-state index in [1.54, 1.807) is 6.07 Å². The molecule has 88 valence electrons. The Labute approximate surface area is 111 Å². The first-order valence-corrected chi connectivity index (χ1v) is 5.18. The number of rotatable bonds is 2. The van der Waals surface area contributed by atoms with Crippen molar-refractivity contribution in [2.24, 2.45) is 0 Å². The maximum Gasteiger partial charge on any atom is 0.246 e. The summed E-state index contributed by atoms with van der Waals surface area (Å²) in [6.45, 7) is -3.21. The second-order valence-corrected chi connectivity index (χ2v) is 3.89. The van der Waals surface area contributed by atoms with Crippen molar-refractivity contribution in [1.82, 2.24) is 10.6 Å². The van der Waals surface area contributed by atoms with Crippen LogP contribution in [0.5, 0.6) is 0 Å². The summed E-state index contributed by atoms with van der Waals surface area (Å²) in [6.07, 6.45) is -3.15. The van der Waals surface area contributed by atoms with Crippen molar-refractivity contribution < 1.29 is 16.4 Å². The van der Waals surface area contributed by atoms with Crippen molar-refractivity contribution in [3.05, 3.63) is 35.9 Å². The van der Waals surface area contributed by atoms with E-state index < -0.39 is 30.5 Å². The van der Waals surface area contributed by atoms with E-state index in [1.165, 1.54) is 24.3 Å². The van der Waals surface area contributed by atoms with E-state index in [0.717, 1.165) is 0 Å². The van der Waals surface area contributed by atoms with Gasteiger partial charge >= 0.3 is 0 Å². The molecule has 4 nitrogen and oxygen atoms in total. The summed E-state index contributed by atoms with van der Waals surface area (Å²) in [4.78, 5) is 25.0. The standard InChI is InChI=1S/C12H12N2O2S/c1-2-12(8-6-4-3-5-7-8)9(15)13-11(17)14-10(12)16/h3-7H,2H2,1H3,(H2,13,14,15,16,17)/i1D3,2D2. The zero-order chi connectivity index (χ0) is 16.8. The Morgan fingerprint density at radius 3 is 2.41 bits per heavy atom. The van der Waals surface area contributed by atoms with Crippen LogP contribution in [0.25, 0.3) is 0 Å². The fourth-order valence-electron chi connectivity index (χ4n) is 1.66. The molecule has 2 amide bonds. The zero-order valence-corrected chi connectivity index (χ0v) is 9.43. The second-order valence-electron chi connectivity index (χ2n) is 3.48. The molecule has 0 aliphatic carbocycles. The summed E-state index contributed by atoms with van der Waals surface area (Å²) < 4.78 is 38.4. The van der Waals surface area contributed by atoms with Gasteiger partial charge < -0.3 is 10.6 Å². The minimum atomic E-state index is -3.21. The van der Waals surface area contributed by atoms with Crippen LogP contribution < -0.4 is 10.6 Å². The number of amides is 2. The fourth-order valence-corrected chi connectivity index (χ4v) is 1.85. The Bertz CT molecular complexity index is 625. The molecule has 0 unspecified atom stereocenters. The van der Waals surface area contributed by atoms with Crippen LogP contribution in [0.15, 0.2) is 30.3 Å². The first-order chi connectivity index (χ1) is 10.0. The van der Waals surface area contributed by atoms with Gasteiger partial charge in [0, 0.05) is 6.85 Å². The molecule has 0 bridgehead atoms. The lowest BCUT2D eigenvalue weighted by atomic mass is 9.75. The molecule has 1 aromatic carbocycles. The summed E-state index contributed by atoms with van der Waals surface area (Å²) in [7, 11) is 0. The van der Waals surface area contributed by atoms with E-state index in [9.17, 15) is 9.59 Å². The first-order valence-electron chi connectivity index (χ1n) is 7.27. The Morgan fingerprint density at radius 1 is 1.29 bits per heavy atom. The van der Waals surface area contributed by atoms with Gasteiger partial charge in [0.1, 0.15) is 0 Å². The molecular formula is C12H12N2O2S. The van der Waals surface area contributed by atoms with E-state index >= 15 is 0 Å². The number of hydrogen-bond acceptors (Lipinski definition) is 3. The third-order valence-corrected chi connectivity index (χ3v) is 2.73. The van der Waals surface area contributed by atoms with E-state index in [0.29, 0.717) is 0 Å². The molecular weight excluding hydrogens is 236 g/mol. The highest BCUT2D eigenvalue weighted by molar-refractivity contribution is 7.80. The average Bonchev–Trinajstić information content (AvgIpc) is 2.37. The van der Waals surface area contributed by atoms with Crippen molar-refractivity contribution in [3.8, 4) is 0 Å². The molecule has 0 radical (unpaired) electrons. The molecule has 1 aliphatic heterocycles. The Balaban J connectivity index is 2.79. The molecule has 0 atom stereocenters. The van der Waals surface area contributed by atoms with Crippen molar-refractivity contribution in [3.63, 3.8) is 0 Å². The highest BCUT2D eigenvalue weighted by atomic mass is 32.1. The predicted octanol–water partition coefficient (Wildman–Crippen LogP) is 0.865. The molecule has 5 heteroatoms. The largest absolute Gasteiger partial charge is 0.302 e. The van der Waals surface area contributed by atoms with Crippen LogP contribution in [-0.4, -0.2) is 16.9 Å². The minimum Gasteiger partial charge on any atom is -0.302 e. The van der Waals surface area contributed by atoms with Crippen LogP contribution >= 0.6 is 12.2 Å². The predicted molar refractivity (Wildman–Crippen MR) is 67.3 cm³/mol. The van der Waals surface area contributed by atoms with Crippen molar-refractivity contribution in [2.45, 2.75) is 18.6 Å². The third-order valence-electron chi connectivity index (χ3n) is 2.53. The van der Waals surface area contributed by atoms with Gasteiger partial charge in [-0.15, -0.1) is 0 Å². The quantitative estimate of drug-likeness (QED) is 0.607. The van der Waals surface area contributed by atoms with Crippen LogP contribution in [0.4, 0.5) is 0 Å². The van der Waals surface area contributed by atoms with Gasteiger partial charge in [0.25, 0.3) is 0 Å². The summed E-state index contributed by atoms with van der Waals surface area (Å²) in [5, 5.41) is 4.01. The van der Waals surface area contributed by atoms with Crippen LogP contribution in [-0.2, 0) is 15.0 Å². The summed E-state index contributed by atoms with van der Waals surface area (Å²) in [6, 6.07) is 7.24. The molecule has 1 saturated heterocycles. The van der Waals surface area contributed by atoms with Crippen LogP contribution in [0.1, 0.15) is 25.6 Å². The van der Waals surface area contributed by atoms with E-state index in [4.69, 9.17) is 19.1 Å². The molecule has 2 rings (SSSR count). The van der Waals surface area contributed by atoms with Crippen LogP contribution in [0.3, 0.4) is 0 Å². The maximum absolute atomic E-state index is 12.5. The maximum atomic E-state index is 12.5.